The number of carbonyl (C=O) groups is 4. The summed E-state index contributed by atoms with van der Waals surface area (Å²) in [5, 5.41) is 2.31. The highest BCUT2D eigenvalue weighted by atomic mass is 19.1. The third-order valence-electron chi connectivity index (χ3n) is 5.25. The first-order valence-corrected chi connectivity index (χ1v) is 9.10. The average molecular weight is 405 g/mol. The fraction of sp³-hybridized carbons (Fsp3) is 0.421. The molecule has 3 aliphatic heterocycles. The van der Waals surface area contributed by atoms with Crippen molar-refractivity contribution in [2.45, 2.75) is 38.3 Å². The molecule has 3 unspecified atom stereocenters. The van der Waals surface area contributed by atoms with E-state index in [1.54, 1.807) is 6.92 Å². The number of hydrogen-bond acceptors (Lipinski definition) is 6. The van der Waals surface area contributed by atoms with E-state index in [0.717, 1.165) is 12.1 Å². The van der Waals surface area contributed by atoms with Crippen LogP contribution in [0.3, 0.4) is 0 Å². The number of piperidine rings is 1. The molecule has 10 heteroatoms. The summed E-state index contributed by atoms with van der Waals surface area (Å²) in [5.41, 5.74) is -0.615. The zero-order valence-electron chi connectivity index (χ0n) is 15.4. The fourth-order valence-corrected chi connectivity index (χ4v) is 3.86. The summed E-state index contributed by atoms with van der Waals surface area (Å²) in [6, 6.07) is 1.98. The molecule has 2 fully saturated rings. The summed E-state index contributed by atoms with van der Waals surface area (Å²) in [5.74, 6) is -6.48. The van der Waals surface area contributed by atoms with Crippen LogP contribution in [0.2, 0.25) is 0 Å². The lowest BCUT2D eigenvalue weighted by Crippen LogP contribution is -2.58. The highest BCUT2D eigenvalue weighted by Crippen LogP contribution is 2.34. The molecule has 29 heavy (non-hydrogen) atoms. The lowest BCUT2D eigenvalue weighted by atomic mass is 9.82. The summed E-state index contributed by atoms with van der Waals surface area (Å²) in [6.07, 6.45) is -0.559. The Morgan fingerprint density at radius 1 is 1.31 bits per heavy atom. The quantitative estimate of drug-likeness (QED) is 0.569. The van der Waals surface area contributed by atoms with Crippen molar-refractivity contribution in [3.63, 3.8) is 0 Å². The number of Topliss-reactive ketones (excluding diaryl/α,β-unsaturated/α-hetero) is 2. The molecule has 4 rings (SSSR count). The van der Waals surface area contributed by atoms with Crippen LogP contribution in [0.25, 0.3) is 0 Å². The number of halogens is 2. The number of ketones is 2. The first-order valence-electron chi connectivity index (χ1n) is 9.10. The second kappa shape index (κ2) is 7.11. The van der Waals surface area contributed by atoms with Crippen LogP contribution in [-0.2, 0) is 30.5 Å². The minimum Gasteiger partial charge on any atom is -0.353 e. The molecule has 1 aromatic rings. The molecular weight excluding hydrogens is 388 g/mol. The number of fused-ring (bicyclic) bond motifs is 2. The summed E-state index contributed by atoms with van der Waals surface area (Å²) in [4.78, 5) is 55.4. The number of carbonyl (C=O) groups excluding carboxylic acids is 4. The van der Waals surface area contributed by atoms with E-state index in [2.05, 4.69) is 10.3 Å². The Morgan fingerprint density at radius 2 is 2.07 bits per heavy atom. The molecule has 0 radical (unpaired) electrons. The van der Waals surface area contributed by atoms with Gasteiger partial charge in [-0.05, 0) is 13.0 Å². The Kier molecular flexibility index (Phi) is 4.73. The Labute approximate surface area is 163 Å². The fourth-order valence-electron chi connectivity index (χ4n) is 3.86. The van der Waals surface area contributed by atoms with Crippen LogP contribution in [0.5, 0.6) is 0 Å². The maximum Gasteiger partial charge on any atom is 0.273 e. The van der Waals surface area contributed by atoms with E-state index in [1.807, 2.05) is 0 Å². The summed E-state index contributed by atoms with van der Waals surface area (Å²) < 4.78 is 32.3. The average Bonchev–Trinajstić information content (AvgIpc) is 3.04. The zero-order valence-corrected chi connectivity index (χ0v) is 15.4. The third kappa shape index (κ3) is 3.33. The molecule has 8 nitrogen and oxygen atoms in total. The molecule has 1 N–H and O–H groups in total. The van der Waals surface area contributed by atoms with Crippen molar-refractivity contribution in [3.05, 3.63) is 35.4 Å². The van der Waals surface area contributed by atoms with Crippen molar-refractivity contribution < 1.29 is 32.7 Å². The van der Waals surface area contributed by atoms with Gasteiger partial charge in [-0.15, -0.1) is 0 Å². The number of benzene rings is 1. The van der Waals surface area contributed by atoms with Gasteiger partial charge < -0.3 is 15.0 Å². The topological polar surface area (TPSA) is 105 Å². The van der Waals surface area contributed by atoms with E-state index in [-0.39, 0.29) is 24.6 Å². The normalized spacial score (nSPS) is 28.7. The van der Waals surface area contributed by atoms with Gasteiger partial charge in [-0.3, -0.25) is 24.2 Å². The SMILES string of the molecule is C[C@@H]1CN2C(=O)C3C(=O)C(=O)C(C(=O)NCc4ccc(F)cc4F)=NC3CC2O1. The number of aliphatic imine (C=N–C) groups is 1. The maximum atomic E-state index is 13.7. The van der Waals surface area contributed by atoms with Gasteiger partial charge in [-0.25, -0.2) is 8.78 Å². The van der Waals surface area contributed by atoms with Gasteiger partial charge >= 0.3 is 0 Å². The number of nitrogens with one attached hydrogen (secondary N) is 1. The molecule has 0 bridgehead atoms. The third-order valence-corrected chi connectivity index (χ3v) is 5.25. The molecule has 0 aromatic heterocycles. The van der Waals surface area contributed by atoms with Gasteiger partial charge in [-0.1, -0.05) is 6.07 Å². The van der Waals surface area contributed by atoms with Crippen LogP contribution in [0.15, 0.2) is 23.2 Å². The van der Waals surface area contributed by atoms with Crippen LogP contribution in [-0.4, -0.2) is 58.9 Å². The monoisotopic (exact) mass is 405 g/mol. The molecule has 0 aliphatic carbocycles. The van der Waals surface area contributed by atoms with E-state index in [1.165, 1.54) is 4.90 Å². The van der Waals surface area contributed by atoms with E-state index >= 15 is 0 Å². The first kappa shape index (κ1) is 19.3. The van der Waals surface area contributed by atoms with Gasteiger partial charge in [0.25, 0.3) is 11.7 Å². The highest BCUT2D eigenvalue weighted by molar-refractivity contribution is 6.80. The van der Waals surface area contributed by atoms with Crippen molar-refractivity contribution >= 4 is 29.1 Å². The smallest absolute Gasteiger partial charge is 0.273 e. The molecule has 0 spiro atoms. The van der Waals surface area contributed by atoms with Crippen molar-refractivity contribution in [1.82, 2.24) is 10.2 Å². The molecule has 152 valence electrons. The molecular formula is C19H17F2N3O5. The Hall–Kier alpha value is -3.01. The van der Waals surface area contributed by atoms with Crippen molar-refractivity contribution in [1.29, 1.82) is 0 Å². The highest BCUT2D eigenvalue weighted by Gasteiger charge is 2.54. The number of amides is 2. The maximum absolute atomic E-state index is 13.7. The van der Waals surface area contributed by atoms with Crippen molar-refractivity contribution in [2.24, 2.45) is 10.9 Å². The van der Waals surface area contributed by atoms with Crippen LogP contribution in [0, 0.1) is 17.6 Å². The van der Waals surface area contributed by atoms with E-state index < -0.39 is 58.9 Å². The first-order chi connectivity index (χ1) is 13.8. The summed E-state index contributed by atoms with van der Waals surface area (Å²) >= 11 is 0. The largest absolute Gasteiger partial charge is 0.353 e. The molecule has 3 heterocycles. The van der Waals surface area contributed by atoms with E-state index in [9.17, 15) is 28.0 Å². The summed E-state index contributed by atoms with van der Waals surface area (Å²) in [6.45, 7) is 1.79. The Balaban J connectivity index is 1.53. The standard InChI is InChI=1S/C19H17F2N3O5/c1-8-7-24-13(29-8)5-12-14(19(24)28)16(25)17(26)15(23-12)18(27)22-6-9-2-3-10(20)4-11(9)21/h2-4,8,12-14H,5-7H2,1H3,(H,22,27)/t8-,12?,13?,14?/m1/s1. The van der Waals surface area contributed by atoms with Crippen molar-refractivity contribution in [2.75, 3.05) is 6.54 Å². The molecule has 2 saturated heterocycles. The number of rotatable bonds is 3. The van der Waals surface area contributed by atoms with Crippen LogP contribution in [0.4, 0.5) is 8.78 Å². The van der Waals surface area contributed by atoms with Crippen LogP contribution >= 0.6 is 0 Å². The van der Waals surface area contributed by atoms with Crippen LogP contribution in [0.1, 0.15) is 18.9 Å². The van der Waals surface area contributed by atoms with Gasteiger partial charge in [0.1, 0.15) is 23.8 Å². The lowest BCUT2D eigenvalue weighted by molar-refractivity contribution is -0.155. The minimum atomic E-state index is -1.25. The number of ether oxygens (including phenoxy) is 1. The van der Waals surface area contributed by atoms with Gasteiger partial charge in [0.15, 0.2) is 5.71 Å². The molecule has 0 saturated carbocycles. The summed E-state index contributed by atoms with van der Waals surface area (Å²) in [7, 11) is 0. The predicted molar refractivity (Wildman–Crippen MR) is 93.6 cm³/mol. The molecule has 2 amide bonds. The number of hydrogen-bond donors (Lipinski definition) is 1. The number of nitrogens with zero attached hydrogens (tertiary/aromatic N) is 2. The van der Waals surface area contributed by atoms with Crippen LogP contribution < -0.4 is 5.32 Å². The minimum absolute atomic E-state index is 0.00430. The second-order valence-corrected chi connectivity index (χ2v) is 7.26. The van der Waals surface area contributed by atoms with E-state index in [0.29, 0.717) is 12.6 Å². The Morgan fingerprint density at radius 3 is 2.79 bits per heavy atom. The molecule has 4 atom stereocenters. The zero-order chi connectivity index (χ0) is 20.9. The van der Waals surface area contributed by atoms with Gasteiger partial charge in [0.2, 0.25) is 11.7 Å². The molecule has 1 aromatic carbocycles. The lowest BCUT2D eigenvalue weighted by Gasteiger charge is -2.38. The van der Waals surface area contributed by atoms with E-state index in [4.69, 9.17) is 4.74 Å². The predicted octanol–water partition coefficient (Wildman–Crippen LogP) is 0.136. The molecule has 3 aliphatic rings. The van der Waals surface area contributed by atoms with Crippen molar-refractivity contribution in [3.8, 4) is 0 Å². The second-order valence-electron chi connectivity index (χ2n) is 7.26. The van der Waals surface area contributed by atoms with Gasteiger partial charge in [0.05, 0.1) is 12.1 Å². The Bertz CT molecular complexity index is 963. The van der Waals surface area contributed by atoms with Gasteiger partial charge in [-0.2, -0.15) is 0 Å². The van der Waals surface area contributed by atoms with Gasteiger partial charge in [0, 0.05) is 31.1 Å².